The zero-order valence-corrected chi connectivity index (χ0v) is 13.5. The SMILES string of the molecule is Cl.NC[C@H]1CC[C@@H](C(=O)Nc2ccc3oc(C4CC4)nc3c2)O1. The Hall–Kier alpha value is -1.63. The van der Waals surface area contributed by atoms with Gasteiger partial charge in [0.15, 0.2) is 11.5 Å². The molecule has 0 spiro atoms. The molecule has 1 aromatic carbocycles. The number of nitrogens with zero attached hydrogens (tertiary/aromatic N) is 1. The lowest BCUT2D eigenvalue weighted by Gasteiger charge is -2.12. The summed E-state index contributed by atoms with van der Waals surface area (Å²) in [4.78, 5) is 16.7. The van der Waals surface area contributed by atoms with E-state index in [1.165, 1.54) is 0 Å². The van der Waals surface area contributed by atoms with Gasteiger partial charge in [0.2, 0.25) is 0 Å². The van der Waals surface area contributed by atoms with E-state index in [4.69, 9.17) is 14.9 Å². The number of carbonyl (C=O) groups excluding carboxylic acids is 1. The molecule has 4 rings (SSSR count). The predicted octanol–water partition coefficient (Wildman–Crippen LogP) is 2.57. The standard InChI is InChI=1S/C16H19N3O3.ClH/c17-8-11-4-6-14(21-11)15(20)18-10-3-5-13-12(7-10)19-16(22-13)9-1-2-9;/h3,5,7,9,11,14H,1-2,4,6,8,17H2,(H,18,20);1H/t11-,14+;/m1./s1. The van der Waals surface area contributed by atoms with Gasteiger partial charge >= 0.3 is 0 Å². The molecule has 7 heteroatoms. The number of halogens is 1. The molecule has 1 saturated heterocycles. The van der Waals surface area contributed by atoms with Crippen molar-refractivity contribution in [1.82, 2.24) is 4.98 Å². The summed E-state index contributed by atoms with van der Waals surface area (Å²) in [5.74, 6) is 1.16. The van der Waals surface area contributed by atoms with Crippen LogP contribution in [0, 0.1) is 0 Å². The van der Waals surface area contributed by atoms with Gasteiger partial charge in [-0.1, -0.05) is 0 Å². The van der Waals surface area contributed by atoms with Crippen molar-refractivity contribution in [3.8, 4) is 0 Å². The summed E-state index contributed by atoms with van der Waals surface area (Å²) in [5, 5.41) is 2.89. The van der Waals surface area contributed by atoms with Crippen LogP contribution in [0.2, 0.25) is 0 Å². The Morgan fingerprint density at radius 3 is 2.83 bits per heavy atom. The number of rotatable bonds is 4. The topological polar surface area (TPSA) is 90.4 Å². The molecule has 0 bridgehead atoms. The second kappa shape index (κ2) is 6.47. The molecule has 2 fully saturated rings. The van der Waals surface area contributed by atoms with Crippen molar-refractivity contribution >= 4 is 35.1 Å². The lowest BCUT2D eigenvalue weighted by molar-refractivity contribution is -0.126. The molecule has 1 amide bonds. The van der Waals surface area contributed by atoms with Crippen molar-refractivity contribution in [2.45, 2.75) is 43.8 Å². The van der Waals surface area contributed by atoms with Crippen LogP contribution in [-0.4, -0.2) is 29.6 Å². The van der Waals surface area contributed by atoms with E-state index in [-0.39, 0.29) is 24.4 Å². The van der Waals surface area contributed by atoms with Gasteiger partial charge < -0.3 is 20.2 Å². The van der Waals surface area contributed by atoms with Crippen molar-refractivity contribution in [1.29, 1.82) is 0 Å². The second-order valence-corrected chi connectivity index (χ2v) is 6.06. The summed E-state index contributed by atoms with van der Waals surface area (Å²) in [5.41, 5.74) is 7.83. The fraction of sp³-hybridized carbons (Fsp3) is 0.500. The van der Waals surface area contributed by atoms with Crippen LogP contribution in [0.25, 0.3) is 11.1 Å². The second-order valence-electron chi connectivity index (χ2n) is 6.06. The fourth-order valence-electron chi connectivity index (χ4n) is 2.82. The van der Waals surface area contributed by atoms with E-state index in [0.717, 1.165) is 36.3 Å². The van der Waals surface area contributed by atoms with Crippen molar-refractivity contribution in [2.24, 2.45) is 5.73 Å². The van der Waals surface area contributed by atoms with Gasteiger partial charge in [-0.15, -0.1) is 12.4 Å². The highest BCUT2D eigenvalue weighted by atomic mass is 35.5. The molecule has 3 N–H and O–H groups in total. The van der Waals surface area contributed by atoms with Gasteiger partial charge in [-0.05, 0) is 43.9 Å². The highest BCUT2D eigenvalue weighted by Crippen LogP contribution is 2.40. The van der Waals surface area contributed by atoms with E-state index in [0.29, 0.717) is 24.6 Å². The Bertz CT molecular complexity index is 714. The highest BCUT2D eigenvalue weighted by Gasteiger charge is 2.30. The molecule has 2 atom stereocenters. The minimum absolute atomic E-state index is 0. The average molecular weight is 338 g/mol. The number of benzene rings is 1. The van der Waals surface area contributed by atoms with Crippen LogP contribution in [-0.2, 0) is 9.53 Å². The first-order chi connectivity index (χ1) is 10.7. The molecule has 1 saturated carbocycles. The smallest absolute Gasteiger partial charge is 0.253 e. The number of nitrogens with one attached hydrogen (secondary N) is 1. The number of fused-ring (bicyclic) bond motifs is 1. The molecule has 124 valence electrons. The first-order valence-electron chi connectivity index (χ1n) is 7.80. The summed E-state index contributed by atoms with van der Waals surface area (Å²) in [6.07, 6.45) is 3.43. The van der Waals surface area contributed by atoms with E-state index in [2.05, 4.69) is 10.3 Å². The van der Waals surface area contributed by atoms with Gasteiger partial charge in [-0.25, -0.2) is 4.98 Å². The lowest BCUT2D eigenvalue weighted by Crippen LogP contribution is -2.29. The lowest BCUT2D eigenvalue weighted by atomic mass is 10.2. The third kappa shape index (κ3) is 3.34. The molecule has 2 heterocycles. The van der Waals surface area contributed by atoms with Gasteiger partial charge in [-0.3, -0.25) is 4.79 Å². The molecule has 0 radical (unpaired) electrons. The number of carbonyl (C=O) groups is 1. The van der Waals surface area contributed by atoms with Crippen LogP contribution in [0.4, 0.5) is 5.69 Å². The van der Waals surface area contributed by atoms with E-state index in [1.54, 1.807) is 0 Å². The molecule has 23 heavy (non-hydrogen) atoms. The molecule has 1 aromatic heterocycles. The number of amides is 1. The zero-order chi connectivity index (χ0) is 15.1. The van der Waals surface area contributed by atoms with Crippen LogP contribution < -0.4 is 11.1 Å². The number of hydrogen-bond donors (Lipinski definition) is 2. The maximum Gasteiger partial charge on any atom is 0.253 e. The van der Waals surface area contributed by atoms with Crippen LogP contribution in [0.3, 0.4) is 0 Å². The molecule has 2 aliphatic rings. The van der Waals surface area contributed by atoms with E-state index in [9.17, 15) is 4.79 Å². The Balaban J connectivity index is 0.00000156. The summed E-state index contributed by atoms with van der Waals surface area (Å²) in [7, 11) is 0. The van der Waals surface area contributed by atoms with E-state index < -0.39 is 6.10 Å². The van der Waals surface area contributed by atoms with Crippen molar-refractivity contribution in [3.05, 3.63) is 24.1 Å². The Morgan fingerprint density at radius 1 is 1.30 bits per heavy atom. The van der Waals surface area contributed by atoms with E-state index in [1.807, 2.05) is 18.2 Å². The summed E-state index contributed by atoms with van der Waals surface area (Å²) >= 11 is 0. The van der Waals surface area contributed by atoms with Gasteiger partial charge in [0, 0.05) is 18.2 Å². The summed E-state index contributed by atoms with van der Waals surface area (Å²) < 4.78 is 11.3. The molecular weight excluding hydrogens is 318 g/mol. The predicted molar refractivity (Wildman–Crippen MR) is 88.8 cm³/mol. The monoisotopic (exact) mass is 337 g/mol. The Morgan fingerprint density at radius 2 is 2.13 bits per heavy atom. The largest absolute Gasteiger partial charge is 0.440 e. The first kappa shape index (κ1) is 16.2. The van der Waals surface area contributed by atoms with Gasteiger partial charge in [0.25, 0.3) is 5.91 Å². The zero-order valence-electron chi connectivity index (χ0n) is 12.7. The van der Waals surface area contributed by atoms with Gasteiger partial charge in [0.05, 0.1) is 6.10 Å². The van der Waals surface area contributed by atoms with Gasteiger partial charge in [0.1, 0.15) is 11.6 Å². The third-order valence-corrected chi connectivity index (χ3v) is 4.26. The van der Waals surface area contributed by atoms with Crippen LogP contribution in [0.5, 0.6) is 0 Å². The number of nitrogens with two attached hydrogens (primary N) is 1. The molecule has 2 aromatic rings. The number of anilines is 1. The Labute approximate surface area is 140 Å². The summed E-state index contributed by atoms with van der Waals surface area (Å²) in [6, 6.07) is 5.53. The quantitative estimate of drug-likeness (QED) is 0.894. The normalized spacial score (nSPS) is 23.7. The Kier molecular flexibility index (Phi) is 4.57. The fourth-order valence-corrected chi connectivity index (χ4v) is 2.82. The molecular formula is C16H20ClN3O3. The summed E-state index contributed by atoms with van der Waals surface area (Å²) in [6.45, 7) is 0.457. The van der Waals surface area contributed by atoms with Crippen LogP contribution in [0.1, 0.15) is 37.5 Å². The number of aromatic nitrogens is 1. The number of hydrogen-bond acceptors (Lipinski definition) is 5. The molecule has 1 aliphatic carbocycles. The number of ether oxygens (including phenoxy) is 1. The van der Waals surface area contributed by atoms with Crippen molar-refractivity contribution in [3.63, 3.8) is 0 Å². The molecule has 1 aliphatic heterocycles. The van der Waals surface area contributed by atoms with E-state index >= 15 is 0 Å². The van der Waals surface area contributed by atoms with Crippen molar-refractivity contribution in [2.75, 3.05) is 11.9 Å². The maximum atomic E-state index is 12.2. The third-order valence-electron chi connectivity index (χ3n) is 4.26. The van der Waals surface area contributed by atoms with Gasteiger partial charge in [-0.2, -0.15) is 0 Å². The minimum Gasteiger partial charge on any atom is -0.440 e. The maximum absolute atomic E-state index is 12.2. The first-order valence-corrected chi connectivity index (χ1v) is 7.80. The van der Waals surface area contributed by atoms with Crippen LogP contribution >= 0.6 is 12.4 Å². The average Bonchev–Trinajstić information content (AvgIpc) is 3.11. The van der Waals surface area contributed by atoms with Crippen LogP contribution in [0.15, 0.2) is 22.6 Å². The number of oxazole rings is 1. The minimum atomic E-state index is -0.413. The highest BCUT2D eigenvalue weighted by molar-refractivity contribution is 5.95. The molecule has 0 unspecified atom stereocenters. The van der Waals surface area contributed by atoms with Crippen molar-refractivity contribution < 1.29 is 13.9 Å². The molecule has 6 nitrogen and oxygen atoms in total.